The number of carbonyl (C=O) groups excluding carboxylic acids is 2. The molecule has 0 aliphatic carbocycles. The van der Waals surface area contributed by atoms with E-state index in [4.69, 9.17) is 11.6 Å². The first-order chi connectivity index (χ1) is 9.16. The number of pyridine rings is 1. The fraction of sp³-hybridized carbons (Fsp3) is 0.214. The lowest BCUT2D eigenvalue weighted by atomic mass is 10.1. The molecule has 4 nitrogen and oxygen atoms in total. The quantitative estimate of drug-likeness (QED) is 0.593. The predicted molar refractivity (Wildman–Crippen MR) is 72.0 cm³/mol. The first kappa shape index (κ1) is 12.1. The maximum Gasteiger partial charge on any atom is 0.279 e. The van der Waals surface area contributed by atoms with Gasteiger partial charge in [0.05, 0.1) is 0 Å². The Balaban J connectivity index is 2.05. The van der Waals surface area contributed by atoms with Crippen LogP contribution in [-0.2, 0) is 4.79 Å². The van der Waals surface area contributed by atoms with Gasteiger partial charge in [-0.15, -0.1) is 0 Å². The zero-order chi connectivity index (χ0) is 13.4. The van der Waals surface area contributed by atoms with Gasteiger partial charge in [-0.05, 0) is 17.9 Å². The summed E-state index contributed by atoms with van der Waals surface area (Å²) in [5, 5.41) is 1.93. The van der Waals surface area contributed by atoms with Gasteiger partial charge in [-0.25, -0.2) is 4.98 Å². The van der Waals surface area contributed by atoms with Crippen molar-refractivity contribution >= 4 is 34.2 Å². The number of benzene rings is 1. The van der Waals surface area contributed by atoms with E-state index in [9.17, 15) is 9.59 Å². The summed E-state index contributed by atoms with van der Waals surface area (Å²) >= 11 is 6.08. The van der Waals surface area contributed by atoms with Crippen molar-refractivity contribution in [3.05, 3.63) is 41.2 Å². The number of carbonyl (C=O) groups is 2. The van der Waals surface area contributed by atoms with Gasteiger partial charge in [-0.3, -0.25) is 14.5 Å². The second kappa shape index (κ2) is 4.63. The van der Waals surface area contributed by atoms with Crippen molar-refractivity contribution in [2.75, 3.05) is 6.54 Å². The molecule has 5 heteroatoms. The molecule has 96 valence electrons. The topological polar surface area (TPSA) is 50.3 Å². The minimum absolute atomic E-state index is 0.143. The molecule has 2 heterocycles. The van der Waals surface area contributed by atoms with Crippen LogP contribution < -0.4 is 0 Å². The molecule has 19 heavy (non-hydrogen) atoms. The van der Waals surface area contributed by atoms with E-state index in [1.54, 1.807) is 6.07 Å². The van der Waals surface area contributed by atoms with Gasteiger partial charge >= 0.3 is 0 Å². The second-order valence-corrected chi connectivity index (χ2v) is 4.83. The maximum atomic E-state index is 12.2. The van der Waals surface area contributed by atoms with Crippen LogP contribution >= 0.6 is 11.6 Å². The van der Waals surface area contributed by atoms with Crippen molar-refractivity contribution < 1.29 is 9.59 Å². The maximum absolute atomic E-state index is 12.2. The molecule has 1 aliphatic heterocycles. The molecular formula is C14H11ClN2O2. The summed E-state index contributed by atoms with van der Waals surface area (Å²) in [7, 11) is 0. The first-order valence-corrected chi connectivity index (χ1v) is 6.44. The molecule has 0 bridgehead atoms. The van der Waals surface area contributed by atoms with Crippen molar-refractivity contribution in [3.63, 3.8) is 0 Å². The highest BCUT2D eigenvalue weighted by molar-refractivity contribution is 6.34. The second-order valence-electron chi connectivity index (χ2n) is 4.47. The van der Waals surface area contributed by atoms with Crippen LogP contribution in [0.5, 0.6) is 0 Å². The molecule has 1 aliphatic rings. The zero-order valence-electron chi connectivity index (χ0n) is 10.1. The summed E-state index contributed by atoms with van der Waals surface area (Å²) < 4.78 is 0. The molecular weight excluding hydrogens is 264 g/mol. The number of halogens is 1. The molecule has 1 fully saturated rings. The molecule has 2 aromatic rings. The van der Waals surface area contributed by atoms with Crippen LogP contribution in [0.25, 0.3) is 10.8 Å². The van der Waals surface area contributed by atoms with Crippen LogP contribution in [0.2, 0.25) is 5.15 Å². The van der Waals surface area contributed by atoms with E-state index >= 15 is 0 Å². The van der Waals surface area contributed by atoms with Crippen LogP contribution in [0.4, 0.5) is 0 Å². The highest BCUT2D eigenvalue weighted by Crippen LogP contribution is 2.23. The molecule has 0 atom stereocenters. The largest absolute Gasteiger partial charge is 0.279 e. The predicted octanol–water partition coefficient (Wildman–Crippen LogP) is 2.65. The Hall–Kier alpha value is -1.94. The lowest BCUT2D eigenvalue weighted by Crippen LogP contribution is -2.32. The van der Waals surface area contributed by atoms with Gasteiger partial charge in [0.2, 0.25) is 5.91 Å². The van der Waals surface area contributed by atoms with Crippen LogP contribution in [0, 0.1) is 0 Å². The van der Waals surface area contributed by atoms with Gasteiger partial charge in [-0.2, -0.15) is 0 Å². The van der Waals surface area contributed by atoms with Crippen molar-refractivity contribution in [3.8, 4) is 0 Å². The number of hydrogen-bond donors (Lipinski definition) is 0. The number of aromatic nitrogens is 1. The van der Waals surface area contributed by atoms with E-state index in [-0.39, 0.29) is 22.7 Å². The monoisotopic (exact) mass is 274 g/mol. The third-order valence-electron chi connectivity index (χ3n) is 3.23. The van der Waals surface area contributed by atoms with Gasteiger partial charge in [0.15, 0.2) is 0 Å². The first-order valence-electron chi connectivity index (χ1n) is 6.07. The third-order valence-corrected chi connectivity index (χ3v) is 3.52. The minimum Gasteiger partial charge on any atom is -0.277 e. The SMILES string of the molecule is O=C1CCCN1C(=O)c1cc2ccccc2c(Cl)n1. The minimum atomic E-state index is -0.366. The average Bonchev–Trinajstić information content (AvgIpc) is 2.84. The summed E-state index contributed by atoms with van der Waals surface area (Å²) in [6.45, 7) is 0.462. The van der Waals surface area contributed by atoms with Crippen LogP contribution in [0.1, 0.15) is 23.3 Å². The Morgan fingerprint density at radius 2 is 2.11 bits per heavy atom. The van der Waals surface area contributed by atoms with Gasteiger partial charge < -0.3 is 0 Å². The lowest BCUT2D eigenvalue weighted by molar-refractivity contribution is -0.125. The molecule has 0 N–H and O–H groups in total. The number of fused-ring (bicyclic) bond motifs is 1. The number of hydrogen-bond acceptors (Lipinski definition) is 3. The van der Waals surface area contributed by atoms with E-state index in [1.165, 1.54) is 4.90 Å². The molecule has 0 saturated carbocycles. The summed E-state index contributed by atoms with van der Waals surface area (Å²) in [6.07, 6.45) is 1.14. The summed E-state index contributed by atoms with van der Waals surface area (Å²) in [5.41, 5.74) is 0.221. The summed E-state index contributed by atoms with van der Waals surface area (Å²) in [5.74, 6) is -0.508. The summed E-state index contributed by atoms with van der Waals surface area (Å²) in [6, 6.07) is 9.12. The van der Waals surface area contributed by atoms with Gasteiger partial charge in [0.25, 0.3) is 5.91 Å². The highest BCUT2D eigenvalue weighted by Gasteiger charge is 2.28. The average molecular weight is 275 g/mol. The Labute approximate surface area is 115 Å². The molecule has 0 radical (unpaired) electrons. The van der Waals surface area contributed by atoms with Crippen LogP contribution in [0.3, 0.4) is 0 Å². The Kier molecular flexibility index (Phi) is 2.95. The summed E-state index contributed by atoms with van der Waals surface area (Å²) in [4.78, 5) is 29.2. The van der Waals surface area contributed by atoms with E-state index < -0.39 is 0 Å². The Morgan fingerprint density at radius 3 is 2.84 bits per heavy atom. The fourth-order valence-corrected chi connectivity index (χ4v) is 2.53. The molecule has 3 rings (SSSR count). The standard InChI is InChI=1S/C14H11ClN2O2/c15-13-10-5-2-1-4-9(10)8-11(16-13)14(19)17-7-3-6-12(17)18/h1-2,4-5,8H,3,6-7H2. The molecule has 1 aromatic carbocycles. The molecule has 1 aromatic heterocycles. The zero-order valence-corrected chi connectivity index (χ0v) is 10.9. The highest BCUT2D eigenvalue weighted by atomic mass is 35.5. The van der Waals surface area contributed by atoms with Crippen LogP contribution in [0.15, 0.2) is 30.3 Å². The number of nitrogens with zero attached hydrogens (tertiary/aromatic N) is 2. The lowest BCUT2D eigenvalue weighted by Gasteiger charge is -2.13. The van der Waals surface area contributed by atoms with Gasteiger partial charge in [0.1, 0.15) is 10.8 Å². The van der Waals surface area contributed by atoms with E-state index in [0.29, 0.717) is 19.4 Å². The third kappa shape index (κ3) is 2.08. The van der Waals surface area contributed by atoms with Gasteiger partial charge in [0, 0.05) is 18.4 Å². The van der Waals surface area contributed by atoms with Crippen molar-refractivity contribution in [2.45, 2.75) is 12.8 Å². The number of likely N-dealkylation sites (tertiary alicyclic amines) is 1. The molecule has 2 amide bonds. The number of imide groups is 1. The smallest absolute Gasteiger partial charge is 0.277 e. The van der Waals surface area contributed by atoms with Crippen molar-refractivity contribution in [2.24, 2.45) is 0 Å². The molecule has 1 saturated heterocycles. The van der Waals surface area contributed by atoms with Crippen molar-refractivity contribution in [1.82, 2.24) is 9.88 Å². The normalized spacial score (nSPS) is 15.2. The Bertz CT molecular complexity index is 684. The van der Waals surface area contributed by atoms with Gasteiger partial charge in [-0.1, -0.05) is 35.9 Å². The van der Waals surface area contributed by atoms with E-state index in [0.717, 1.165) is 10.8 Å². The molecule has 0 unspecified atom stereocenters. The number of amides is 2. The van der Waals surface area contributed by atoms with E-state index in [2.05, 4.69) is 4.98 Å². The number of rotatable bonds is 1. The molecule has 0 spiro atoms. The Morgan fingerprint density at radius 1 is 1.32 bits per heavy atom. The van der Waals surface area contributed by atoms with Crippen molar-refractivity contribution in [1.29, 1.82) is 0 Å². The fourth-order valence-electron chi connectivity index (χ4n) is 2.27. The van der Waals surface area contributed by atoms with Crippen LogP contribution in [-0.4, -0.2) is 28.2 Å². The van der Waals surface area contributed by atoms with E-state index in [1.807, 2.05) is 24.3 Å².